The van der Waals surface area contributed by atoms with E-state index < -0.39 is 4.92 Å². The Morgan fingerprint density at radius 3 is 2.84 bits per heavy atom. The summed E-state index contributed by atoms with van der Waals surface area (Å²) in [5, 5.41) is 11.4. The monoisotopic (exact) mass is 365 g/mol. The Bertz CT molecular complexity index is 622. The Morgan fingerprint density at radius 2 is 2.20 bits per heavy atom. The highest BCUT2D eigenvalue weighted by Crippen LogP contribution is 2.32. The average molecular weight is 365 g/mol. The van der Waals surface area contributed by atoms with Gasteiger partial charge in [0.15, 0.2) is 0 Å². The molecule has 1 heterocycles. The highest BCUT2D eigenvalue weighted by molar-refractivity contribution is 7.99. The van der Waals surface area contributed by atoms with E-state index in [2.05, 4.69) is 13.8 Å². The molecular formula is C18H27N3O3S. The minimum atomic E-state index is -0.398. The lowest BCUT2D eigenvalue weighted by Gasteiger charge is -2.35. The van der Waals surface area contributed by atoms with E-state index in [-0.39, 0.29) is 17.6 Å². The molecule has 0 spiro atoms. The molecule has 0 radical (unpaired) electrons. The molecular weight excluding hydrogens is 338 g/mol. The molecule has 0 aliphatic carbocycles. The van der Waals surface area contributed by atoms with Crippen molar-refractivity contribution in [2.45, 2.75) is 50.5 Å². The van der Waals surface area contributed by atoms with Crippen LogP contribution in [-0.2, 0) is 0 Å². The summed E-state index contributed by atoms with van der Waals surface area (Å²) < 4.78 is 0. The molecule has 2 N–H and O–H groups in total. The number of rotatable bonds is 7. The first-order valence-electron chi connectivity index (χ1n) is 8.86. The molecule has 6 nitrogen and oxygen atoms in total. The molecule has 138 valence electrons. The van der Waals surface area contributed by atoms with Gasteiger partial charge in [-0.3, -0.25) is 14.9 Å². The molecule has 1 atom stereocenters. The number of benzene rings is 1. The maximum absolute atomic E-state index is 12.8. The minimum Gasteiger partial charge on any atom is -0.334 e. The second kappa shape index (κ2) is 9.20. The Labute approximate surface area is 153 Å². The van der Waals surface area contributed by atoms with Crippen molar-refractivity contribution < 1.29 is 9.72 Å². The van der Waals surface area contributed by atoms with Crippen molar-refractivity contribution in [2.24, 2.45) is 11.7 Å². The van der Waals surface area contributed by atoms with E-state index in [1.807, 2.05) is 0 Å². The maximum atomic E-state index is 12.8. The van der Waals surface area contributed by atoms with E-state index >= 15 is 0 Å². The molecule has 1 amide bonds. The number of carbonyl (C=O) groups excluding carboxylic acids is 1. The van der Waals surface area contributed by atoms with E-state index in [0.717, 1.165) is 31.4 Å². The van der Waals surface area contributed by atoms with Gasteiger partial charge in [0.2, 0.25) is 0 Å². The number of likely N-dealkylation sites (tertiary alicyclic amines) is 1. The second-order valence-electron chi connectivity index (χ2n) is 6.85. The molecule has 1 aliphatic heterocycles. The predicted octanol–water partition coefficient (Wildman–Crippen LogP) is 3.69. The van der Waals surface area contributed by atoms with Crippen molar-refractivity contribution in [3.63, 3.8) is 0 Å². The minimum absolute atomic E-state index is 0.0147. The standard InChI is InChI=1S/C18H27N3O3S/c1-13(2)8-10-25-17-7-6-14(11-16(17)21(23)24)18(22)20-9-4-3-5-15(20)12-19/h6-7,11,13,15H,3-5,8-10,12,19H2,1-2H3. The smallest absolute Gasteiger partial charge is 0.283 e. The number of piperidine rings is 1. The first-order chi connectivity index (χ1) is 11.9. The molecule has 0 bridgehead atoms. The Kier molecular flexibility index (Phi) is 7.25. The van der Waals surface area contributed by atoms with Crippen molar-refractivity contribution >= 4 is 23.4 Å². The van der Waals surface area contributed by atoms with E-state index in [1.54, 1.807) is 17.0 Å². The number of hydrogen-bond donors (Lipinski definition) is 1. The Morgan fingerprint density at radius 1 is 1.44 bits per heavy atom. The number of nitro groups is 1. The van der Waals surface area contributed by atoms with Crippen LogP contribution in [0.3, 0.4) is 0 Å². The highest BCUT2D eigenvalue weighted by Gasteiger charge is 2.28. The maximum Gasteiger partial charge on any atom is 0.283 e. The number of amides is 1. The number of nitrogens with zero attached hydrogens (tertiary/aromatic N) is 2. The van der Waals surface area contributed by atoms with Crippen molar-refractivity contribution in [3.8, 4) is 0 Å². The summed E-state index contributed by atoms with van der Waals surface area (Å²) in [6, 6.07) is 4.86. The molecule has 25 heavy (non-hydrogen) atoms. The van der Waals surface area contributed by atoms with Crippen LogP contribution in [0.4, 0.5) is 5.69 Å². The third-order valence-corrected chi connectivity index (χ3v) is 5.61. The zero-order valence-electron chi connectivity index (χ0n) is 14.9. The van der Waals surface area contributed by atoms with Crippen LogP contribution < -0.4 is 5.73 Å². The first-order valence-corrected chi connectivity index (χ1v) is 9.85. The Hall–Kier alpha value is -1.60. The molecule has 1 aromatic carbocycles. The molecule has 1 aromatic rings. The third-order valence-electron chi connectivity index (χ3n) is 4.52. The largest absolute Gasteiger partial charge is 0.334 e. The van der Waals surface area contributed by atoms with Gasteiger partial charge in [-0.15, -0.1) is 11.8 Å². The Balaban J connectivity index is 2.19. The molecule has 2 rings (SSSR count). The van der Waals surface area contributed by atoms with Crippen LogP contribution in [0, 0.1) is 16.0 Å². The molecule has 0 saturated carbocycles. The second-order valence-corrected chi connectivity index (χ2v) is 7.99. The summed E-state index contributed by atoms with van der Waals surface area (Å²) in [6.07, 6.45) is 3.91. The van der Waals surface area contributed by atoms with Crippen LogP contribution in [0.25, 0.3) is 0 Å². The van der Waals surface area contributed by atoms with Gasteiger partial charge in [0.25, 0.3) is 11.6 Å². The number of thioether (sulfide) groups is 1. The van der Waals surface area contributed by atoms with Crippen LogP contribution in [0.1, 0.15) is 49.9 Å². The van der Waals surface area contributed by atoms with Gasteiger partial charge in [-0.05, 0) is 49.5 Å². The van der Waals surface area contributed by atoms with E-state index in [1.165, 1.54) is 17.8 Å². The SMILES string of the molecule is CC(C)CCSc1ccc(C(=O)N2CCCCC2CN)cc1[N+](=O)[O-]. The number of nitrogens with two attached hydrogens (primary N) is 1. The van der Waals surface area contributed by atoms with Gasteiger partial charge < -0.3 is 10.6 Å². The normalized spacial score (nSPS) is 17.8. The van der Waals surface area contributed by atoms with E-state index in [0.29, 0.717) is 29.5 Å². The van der Waals surface area contributed by atoms with Gasteiger partial charge in [0.05, 0.1) is 9.82 Å². The predicted molar refractivity (Wildman–Crippen MR) is 101 cm³/mol. The molecule has 1 aliphatic rings. The van der Waals surface area contributed by atoms with Crippen LogP contribution in [0.2, 0.25) is 0 Å². The molecule has 7 heteroatoms. The van der Waals surface area contributed by atoms with Crippen molar-refractivity contribution in [1.82, 2.24) is 4.90 Å². The van der Waals surface area contributed by atoms with Crippen LogP contribution in [-0.4, -0.2) is 40.6 Å². The average Bonchev–Trinajstić information content (AvgIpc) is 2.60. The topological polar surface area (TPSA) is 89.5 Å². The van der Waals surface area contributed by atoms with Crippen LogP contribution in [0.5, 0.6) is 0 Å². The fourth-order valence-electron chi connectivity index (χ4n) is 3.00. The number of hydrogen-bond acceptors (Lipinski definition) is 5. The third kappa shape index (κ3) is 5.19. The van der Waals surface area contributed by atoms with E-state index in [9.17, 15) is 14.9 Å². The van der Waals surface area contributed by atoms with Gasteiger partial charge in [0.1, 0.15) is 0 Å². The summed E-state index contributed by atoms with van der Waals surface area (Å²) in [7, 11) is 0. The summed E-state index contributed by atoms with van der Waals surface area (Å²) in [6.45, 7) is 5.35. The molecule has 1 unspecified atom stereocenters. The molecule has 1 fully saturated rings. The van der Waals surface area contributed by atoms with Crippen molar-refractivity contribution in [3.05, 3.63) is 33.9 Å². The highest BCUT2D eigenvalue weighted by atomic mass is 32.2. The molecule has 1 saturated heterocycles. The van der Waals surface area contributed by atoms with E-state index in [4.69, 9.17) is 5.73 Å². The number of nitro benzene ring substituents is 1. The van der Waals surface area contributed by atoms with Crippen molar-refractivity contribution in [2.75, 3.05) is 18.8 Å². The van der Waals surface area contributed by atoms with Crippen LogP contribution >= 0.6 is 11.8 Å². The van der Waals surface area contributed by atoms with Crippen molar-refractivity contribution in [1.29, 1.82) is 0 Å². The van der Waals surface area contributed by atoms with Gasteiger partial charge >= 0.3 is 0 Å². The number of carbonyl (C=O) groups is 1. The van der Waals surface area contributed by atoms with Gasteiger partial charge in [-0.25, -0.2) is 0 Å². The summed E-state index contributed by atoms with van der Waals surface area (Å²) in [5.41, 5.74) is 6.18. The van der Waals surface area contributed by atoms with Gasteiger partial charge in [-0.2, -0.15) is 0 Å². The zero-order chi connectivity index (χ0) is 18.4. The summed E-state index contributed by atoms with van der Waals surface area (Å²) in [4.78, 5) is 26.2. The quantitative estimate of drug-likeness (QED) is 0.452. The van der Waals surface area contributed by atoms with Crippen LogP contribution in [0.15, 0.2) is 23.1 Å². The fourth-order valence-corrected chi connectivity index (χ4v) is 4.25. The zero-order valence-corrected chi connectivity index (χ0v) is 15.8. The lowest BCUT2D eigenvalue weighted by Crippen LogP contribution is -2.47. The van der Waals surface area contributed by atoms with Gasteiger partial charge in [0, 0.05) is 30.8 Å². The first kappa shape index (κ1) is 19.7. The lowest BCUT2D eigenvalue weighted by molar-refractivity contribution is -0.387. The summed E-state index contributed by atoms with van der Waals surface area (Å²) in [5.74, 6) is 1.23. The van der Waals surface area contributed by atoms with Gasteiger partial charge in [-0.1, -0.05) is 13.8 Å². The molecule has 0 aromatic heterocycles. The fraction of sp³-hybridized carbons (Fsp3) is 0.611. The lowest BCUT2D eigenvalue weighted by atomic mass is 10.0. The summed E-state index contributed by atoms with van der Waals surface area (Å²) >= 11 is 1.48.